The van der Waals surface area contributed by atoms with E-state index in [2.05, 4.69) is 36.3 Å². The minimum atomic E-state index is 0.504. The Labute approximate surface area is 149 Å². The van der Waals surface area contributed by atoms with Crippen LogP contribution in [0.5, 0.6) is 0 Å². The van der Waals surface area contributed by atoms with Crippen molar-refractivity contribution in [1.82, 2.24) is 0 Å². The lowest BCUT2D eigenvalue weighted by molar-refractivity contribution is -0.107. The lowest BCUT2D eigenvalue weighted by atomic mass is 10.1. The zero-order valence-electron chi connectivity index (χ0n) is 15.1. The maximum Gasteiger partial charge on any atom is 0.124 e. The van der Waals surface area contributed by atoms with Gasteiger partial charge in [-0.15, -0.1) is 11.3 Å². The smallest absolute Gasteiger partial charge is 0.124 e. The van der Waals surface area contributed by atoms with E-state index >= 15 is 0 Å². The van der Waals surface area contributed by atoms with Crippen molar-refractivity contribution in [2.24, 2.45) is 0 Å². The Balaban J connectivity index is 0.000000352. The second kappa shape index (κ2) is 13.3. The predicted molar refractivity (Wildman–Crippen MR) is 108 cm³/mol. The number of rotatable bonds is 5. The van der Waals surface area contributed by atoms with E-state index in [9.17, 15) is 4.79 Å². The highest BCUT2D eigenvalue weighted by Gasteiger charge is 1.90. The summed E-state index contributed by atoms with van der Waals surface area (Å²) in [6.07, 6.45) is 2.31. The first-order valence-electron chi connectivity index (χ1n) is 7.88. The maximum atomic E-state index is 10.1. The first-order valence-corrected chi connectivity index (χ1v) is 8.76. The van der Waals surface area contributed by atoms with Crippen LogP contribution in [-0.2, 0) is 11.2 Å². The Morgan fingerprint density at radius 2 is 1.92 bits per heavy atom. The summed E-state index contributed by atoms with van der Waals surface area (Å²) in [7, 11) is 1.87. The number of carbonyl (C=O) groups excluding carboxylic acids is 1. The molecule has 1 heterocycles. The minimum Gasteiger partial charge on any atom is -0.388 e. The van der Waals surface area contributed by atoms with Crippen molar-refractivity contribution in [3.63, 3.8) is 0 Å². The van der Waals surface area contributed by atoms with E-state index in [1.54, 1.807) is 18.3 Å². The van der Waals surface area contributed by atoms with Crippen molar-refractivity contribution in [1.29, 1.82) is 5.41 Å². The van der Waals surface area contributed by atoms with Gasteiger partial charge in [-0.05, 0) is 55.0 Å². The van der Waals surface area contributed by atoms with Gasteiger partial charge in [0.05, 0.1) is 0 Å². The largest absolute Gasteiger partial charge is 0.388 e. The molecule has 1 aromatic carbocycles. The molecule has 0 saturated heterocycles. The monoisotopic (exact) mass is 344 g/mol. The molecule has 0 aliphatic carbocycles. The molecule has 0 atom stereocenters. The number of hydrogen-bond donors (Lipinski definition) is 2. The van der Waals surface area contributed by atoms with Crippen LogP contribution in [0.4, 0.5) is 5.69 Å². The number of aryl methyl sites for hydroxylation is 1. The van der Waals surface area contributed by atoms with E-state index in [-0.39, 0.29) is 0 Å². The number of hydrogen-bond acceptors (Lipinski definition) is 4. The van der Waals surface area contributed by atoms with Crippen LogP contribution < -0.4 is 5.32 Å². The predicted octanol–water partition coefficient (Wildman–Crippen LogP) is 5.52. The summed E-state index contributed by atoms with van der Waals surface area (Å²) in [5.74, 6) is 0. The van der Waals surface area contributed by atoms with Crippen molar-refractivity contribution in [3.05, 3.63) is 64.4 Å². The van der Waals surface area contributed by atoms with Gasteiger partial charge in [-0.3, -0.25) is 0 Å². The van der Waals surface area contributed by atoms with Crippen molar-refractivity contribution in [3.8, 4) is 0 Å². The average molecular weight is 345 g/mol. The molecule has 2 N–H and O–H groups in total. The van der Waals surface area contributed by atoms with Crippen molar-refractivity contribution in [2.75, 3.05) is 12.4 Å². The molecule has 0 radical (unpaired) electrons. The van der Waals surface area contributed by atoms with Crippen molar-refractivity contribution in [2.45, 2.75) is 33.6 Å². The van der Waals surface area contributed by atoms with E-state index < -0.39 is 0 Å². The third-order valence-corrected chi connectivity index (χ3v) is 3.98. The maximum absolute atomic E-state index is 10.1. The highest BCUT2D eigenvalue weighted by atomic mass is 32.1. The summed E-state index contributed by atoms with van der Waals surface area (Å²) >= 11 is 1.78. The van der Waals surface area contributed by atoms with Crippen molar-refractivity contribution >= 4 is 29.0 Å². The van der Waals surface area contributed by atoms with Gasteiger partial charge in [0.2, 0.25) is 0 Å². The molecule has 4 heteroatoms. The van der Waals surface area contributed by atoms with Crippen LogP contribution in [0, 0.1) is 12.3 Å². The fourth-order valence-electron chi connectivity index (χ4n) is 1.53. The molecule has 1 aromatic heterocycles. The standard InChI is InChI=1S/C9H11NO.C6H11N.C5H6S/c1-10-9-4-2-8(3-5-9)6-7-11;1-4-5(2)6(3)7;1-5-3-2-4-6-5/h2-5,7,10H,6H2,1H3;7H,2,4H2,1,3H3;2-4H,1H3. The van der Waals surface area contributed by atoms with Gasteiger partial charge in [0.1, 0.15) is 6.29 Å². The van der Waals surface area contributed by atoms with E-state index in [0.717, 1.165) is 29.5 Å². The van der Waals surface area contributed by atoms with Crippen LogP contribution in [-0.4, -0.2) is 19.0 Å². The summed E-state index contributed by atoms with van der Waals surface area (Å²) in [4.78, 5) is 11.5. The number of allylic oxidation sites excluding steroid dienone is 1. The van der Waals surface area contributed by atoms with Gasteiger partial charge < -0.3 is 15.5 Å². The van der Waals surface area contributed by atoms with Gasteiger partial charge in [-0.25, -0.2) is 0 Å². The molecule has 2 rings (SSSR count). The SMILES string of the molecule is C=C(CC)C(C)=N.CNc1ccc(CC=O)cc1.Cc1cccs1. The van der Waals surface area contributed by atoms with Crippen LogP contribution in [0.1, 0.15) is 30.7 Å². The van der Waals surface area contributed by atoms with Gasteiger partial charge in [-0.1, -0.05) is 31.7 Å². The lowest BCUT2D eigenvalue weighted by Gasteiger charge is -1.99. The van der Waals surface area contributed by atoms with Gasteiger partial charge in [-0.2, -0.15) is 0 Å². The third kappa shape index (κ3) is 10.5. The molecule has 0 unspecified atom stereocenters. The van der Waals surface area contributed by atoms with Crippen LogP contribution >= 0.6 is 11.3 Å². The third-order valence-electron chi connectivity index (χ3n) is 3.18. The number of thiophene rings is 1. The molecule has 0 saturated carbocycles. The molecule has 24 heavy (non-hydrogen) atoms. The zero-order valence-corrected chi connectivity index (χ0v) is 15.9. The number of nitrogens with one attached hydrogen (secondary N) is 2. The number of aldehydes is 1. The van der Waals surface area contributed by atoms with Crippen LogP contribution in [0.2, 0.25) is 0 Å². The highest BCUT2D eigenvalue weighted by molar-refractivity contribution is 7.09. The van der Waals surface area contributed by atoms with Gasteiger partial charge in [0.15, 0.2) is 0 Å². The second-order valence-electron chi connectivity index (χ2n) is 5.12. The molecule has 0 bridgehead atoms. The van der Waals surface area contributed by atoms with E-state index in [0.29, 0.717) is 12.1 Å². The van der Waals surface area contributed by atoms with E-state index in [4.69, 9.17) is 5.41 Å². The number of carbonyl (C=O) groups is 1. The lowest BCUT2D eigenvalue weighted by Crippen LogP contribution is -1.89. The first-order chi connectivity index (χ1) is 11.4. The summed E-state index contributed by atoms with van der Waals surface area (Å²) in [6, 6.07) is 12.0. The molecule has 130 valence electrons. The molecule has 0 aliphatic rings. The number of benzene rings is 1. The minimum absolute atomic E-state index is 0.504. The normalized spacial score (nSPS) is 8.83. The summed E-state index contributed by atoms with van der Waals surface area (Å²) in [6.45, 7) is 9.51. The Kier molecular flexibility index (Phi) is 12.0. The quantitative estimate of drug-likeness (QED) is 0.554. The van der Waals surface area contributed by atoms with Crippen molar-refractivity contribution < 1.29 is 4.79 Å². The first kappa shape index (κ1) is 21.8. The molecule has 0 aliphatic heterocycles. The van der Waals surface area contributed by atoms with Crippen LogP contribution in [0.25, 0.3) is 0 Å². The Hall–Kier alpha value is -2.20. The number of anilines is 1. The Bertz CT molecular complexity index is 601. The van der Waals surface area contributed by atoms with E-state index in [1.165, 1.54) is 4.88 Å². The fraction of sp³-hybridized carbons (Fsp3) is 0.300. The van der Waals surface area contributed by atoms with Gasteiger partial charge >= 0.3 is 0 Å². The Morgan fingerprint density at radius 3 is 2.17 bits per heavy atom. The highest BCUT2D eigenvalue weighted by Crippen LogP contribution is 2.07. The summed E-state index contributed by atoms with van der Waals surface area (Å²) < 4.78 is 0. The summed E-state index contributed by atoms with van der Waals surface area (Å²) in [5.41, 5.74) is 3.65. The zero-order chi connectivity index (χ0) is 18.4. The van der Waals surface area contributed by atoms with Gasteiger partial charge in [0, 0.05) is 29.7 Å². The Morgan fingerprint density at radius 1 is 1.29 bits per heavy atom. The molecule has 3 nitrogen and oxygen atoms in total. The van der Waals surface area contributed by atoms with Gasteiger partial charge in [0.25, 0.3) is 0 Å². The molecule has 0 amide bonds. The molecular weight excluding hydrogens is 316 g/mol. The topological polar surface area (TPSA) is 53.0 Å². The molecule has 0 fully saturated rings. The fourth-order valence-corrected chi connectivity index (χ4v) is 2.06. The second-order valence-corrected chi connectivity index (χ2v) is 6.28. The van der Waals surface area contributed by atoms with Crippen LogP contribution in [0.15, 0.2) is 53.9 Å². The molecule has 2 aromatic rings. The molecular formula is C20H28N2OS. The average Bonchev–Trinajstić information content (AvgIpc) is 3.07. The molecule has 0 spiro atoms. The van der Waals surface area contributed by atoms with E-state index in [1.807, 2.05) is 38.2 Å². The van der Waals surface area contributed by atoms with Crippen LogP contribution in [0.3, 0.4) is 0 Å². The summed E-state index contributed by atoms with van der Waals surface area (Å²) in [5, 5.41) is 12.1.